The Hall–Kier alpha value is -0.160. The summed E-state index contributed by atoms with van der Waals surface area (Å²) in [5, 5.41) is 3.46. The van der Waals surface area contributed by atoms with Crippen LogP contribution in [-0.2, 0) is 14.2 Å². The highest BCUT2D eigenvalue weighted by atomic mass is 16.7. The Labute approximate surface area is 196 Å². The Balaban J connectivity index is 1.28. The van der Waals surface area contributed by atoms with Crippen LogP contribution in [-0.4, -0.2) is 44.8 Å². The zero-order valence-corrected chi connectivity index (χ0v) is 21.3. The van der Waals surface area contributed by atoms with E-state index in [1.165, 1.54) is 70.6 Å². The van der Waals surface area contributed by atoms with E-state index in [9.17, 15) is 0 Å². The van der Waals surface area contributed by atoms with Gasteiger partial charge in [0, 0.05) is 17.9 Å². The monoisotopic (exact) mass is 447 g/mol. The summed E-state index contributed by atoms with van der Waals surface area (Å²) in [6.07, 6.45) is 14.9. The first-order valence-electron chi connectivity index (χ1n) is 13.9. The van der Waals surface area contributed by atoms with Gasteiger partial charge < -0.3 is 19.5 Å². The first kappa shape index (κ1) is 23.6. The molecule has 0 aromatic heterocycles. The Kier molecular flexibility index (Phi) is 6.73. The molecule has 1 unspecified atom stereocenters. The fraction of sp³-hybridized carbons (Fsp3) is 1.00. The van der Waals surface area contributed by atoms with E-state index in [0.29, 0.717) is 40.8 Å². The zero-order valence-electron chi connectivity index (χ0n) is 21.3. The lowest BCUT2D eigenvalue weighted by atomic mass is 9.42. The van der Waals surface area contributed by atoms with Crippen LogP contribution in [0.25, 0.3) is 0 Å². The molecule has 6 atom stereocenters. The van der Waals surface area contributed by atoms with Crippen molar-refractivity contribution in [2.45, 2.75) is 117 Å². The van der Waals surface area contributed by atoms with Crippen molar-refractivity contribution in [1.29, 1.82) is 0 Å². The Bertz CT molecular complexity index is 641. The van der Waals surface area contributed by atoms with E-state index in [1.54, 1.807) is 0 Å². The van der Waals surface area contributed by atoms with Crippen LogP contribution in [0.2, 0.25) is 0 Å². The van der Waals surface area contributed by atoms with E-state index >= 15 is 0 Å². The number of piperidine rings is 1. The maximum absolute atomic E-state index is 6.77. The van der Waals surface area contributed by atoms with Gasteiger partial charge >= 0.3 is 0 Å². The van der Waals surface area contributed by atoms with Crippen molar-refractivity contribution in [3.8, 4) is 0 Å². The Morgan fingerprint density at radius 3 is 2.38 bits per heavy atom. The van der Waals surface area contributed by atoms with Gasteiger partial charge in [0.05, 0.1) is 18.8 Å². The van der Waals surface area contributed by atoms with Crippen LogP contribution < -0.4 is 5.32 Å². The van der Waals surface area contributed by atoms with Gasteiger partial charge in [-0.2, -0.15) is 0 Å². The Morgan fingerprint density at radius 1 is 0.875 bits per heavy atom. The van der Waals surface area contributed by atoms with E-state index in [0.717, 1.165) is 26.3 Å². The van der Waals surface area contributed by atoms with Crippen molar-refractivity contribution in [2.24, 2.45) is 34.0 Å². The molecule has 4 heteroatoms. The van der Waals surface area contributed by atoms with Crippen LogP contribution in [0.4, 0.5) is 0 Å². The smallest absolute Gasteiger partial charge is 0.160 e. The molecule has 4 nitrogen and oxygen atoms in total. The largest absolute Gasteiger partial charge is 0.378 e. The summed E-state index contributed by atoms with van der Waals surface area (Å²) >= 11 is 0. The molecule has 0 aromatic rings. The molecule has 184 valence electrons. The second-order valence-corrected chi connectivity index (χ2v) is 13.1. The quantitative estimate of drug-likeness (QED) is 0.566. The van der Waals surface area contributed by atoms with Crippen LogP contribution >= 0.6 is 0 Å². The molecule has 0 aromatic carbocycles. The second kappa shape index (κ2) is 9.13. The zero-order chi connectivity index (χ0) is 22.4. The summed E-state index contributed by atoms with van der Waals surface area (Å²) in [7, 11) is 0. The van der Waals surface area contributed by atoms with E-state index in [1.807, 2.05) is 0 Å². The maximum Gasteiger partial charge on any atom is 0.160 e. The average molecular weight is 448 g/mol. The van der Waals surface area contributed by atoms with Gasteiger partial charge in [-0.15, -0.1) is 0 Å². The SMILES string of the molecule is CC1(C)CCC2[C@]3(C)CO[C@@H](C4CCCC4)O[C@@H]3CC[C@@]2(C)[C@@H]1CCOC1CCNCC1. The minimum absolute atomic E-state index is 0.0640. The average Bonchev–Trinajstić information content (AvgIpc) is 3.30. The van der Waals surface area contributed by atoms with Crippen molar-refractivity contribution in [2.75, 3.05) is 26.3 Å². The van der Waals surface area contributed by atoms with Gasteiger partial charge in [-0.25, -0.2) is 0 Å². The van der Waals surface area contributed by atoms with Gasteiger partial charge in [-0.3, -0.25) is 0 Å². The predicted octanol–water partition coefficient (Wildman–Crippen LogP) is 5.94. The lowest BCUT2D eigenvalue weighted by Gasteiger charge is -2.65. The summed E-state index contributed by atoms with van der Waals surface area (Å²) in [5.41, 5.74) is 0.902. The van der Waals surface area contributed by atoms with Gasteiger partial charge in [-0.05, 0) is 93.5 Å². The maximum atomic E-state index is 6.77. The summed E-state index contributed by atoms with van der Waals surface area (Å²) in [5.74, 6) is 2.04. The highest BCUT2D eigenvalue weighted by Gasteiger charge is 2.62. The molecule has 2 saturated heterocycles. The number of hydrogen-bond donors (Lipinski definition) is 1. The van der Waals surface area contributed by atoms with Crippen LogP contribution in [0, 0.1) is 34.0 Å². The number of rotatable bonds is 5. The minimum atomic E-state index is 0.0640. The first-order chi connectivity index (χ1) is 15.3. The normalized spacial score (nSPS) is 45.4. The van der Waals surface area contributed by atoms with E-state index in [4.69, 9.17) is 14.2 Å². The van der Waals surface area contributed by atoms with Gasteiger partial charge in [0.2, 0.25) is 0 Å². The lowest BCUT2D eigenvalue weighted by molar-refractivity contribution is -0.322. The fourth-order valence-corrected chi connectivity index (χ4v) is 8.98. The third kappa shape index (κ3) is 4.20. The lowest BCUT2D eigenvalue weighted by Crippen LogP contribution is -2.63. The van der Waals surface area contributed by atoms with Crippen LogP contribution in [0.5, 0.6) is 0 Å². The molecule has 2 heterocycles. The van der Waals surface area contributed by atoms with E-state index < -0.39 is 0 Å². The fourth-order valence-electron chi connectivity index (χ4n) is 8.98. The Morgan fingerprint density at radius 2 is 1.62 bits per heavy atom. The third-order valence-electron chi connectivity index (χ3n) is 10.8. The molecule has 1 N–H and O–H groups in total. The van der Waals surface area contributed by atoms with Gasteiger partial charge in [0.25, 0.3) is 0 Å². The number of hydrogen-bond acceptors (Lipinski definition) is 4. The predicted molar refractivity (Wildman–Crippen MR) is 128 cm³/mol. The molecule has 0 amide bonds. The number of nitrogens with one attached hydrogen (secondary N) is 1. The molecule has 3 saturated carbocycles. The van der Waals surface area contributed by atoms with Crippen LogP contribution in [0.3, 0.4) is 0 Å². The van der Waals surface area contributed by atoms with E-state index in [2.05, 4.69) is 33.0 Å². The molecular formula is C28H49NO3. The number of ether oxygens (including phenoxy) is 3. The molecule has 5 aliphatic rings. The number of fused-ring (bicyclic) bond motifs is 3. The van der Waals surface area contributed by atoms with Crippen molar-refractivity contribution in [3.63, 3.8) is 0 Å². The summed E-state index contributed by atoms with van der Waals surface area (Å²) in [4.78, 5) is 0. The molecule has 5 rings (SSSR count). The topological polar surface area (TPSA) is 39.7 Å². The highest BCUT2D eigenvalue weighted by Crippen LogP contribution is 2.66. The molecular weight excluding hydrogens is 398 g/mol. The van der Waals surface area contributed by atoms with Gasteiger partial charge in [0.15, 0.2) is 6.29 Å². The van der Waals surface area contributed by atoms with Crippen LogP contribution in [0.15, 0.2) is 0 Å². The molecule has 0 bridgehead atoms. The molecule has 0 spiro atoms. The standard InChI is InChI=1S/C28H49NO3/c1-26(2)14-9-23-27(3,22(26)13-18-30-21-11-16-29-17-12-21)15-10-24-28(23,4)19-31-25(32-24)20-7-5-6-8-20/h20-25,29H,5-19H2,1-4H3/t22-,23?,24-,25-,27+,28+/m1/s1. The third-order valence-corrected chi connectivity index (χ3v) is 10.8. The van der Waals surface area contributed by atoms with Gasteiger partial charge in [0.1, 0.15) is 0 Å². The van der Waals surface area contributed by atoms with E-state index in [-0.39, 0.29) is 11.7 Å². The molecule has 0 radical (unpaired) electrons. The summed E-state index contributed by atoms with van der Waals surface area (Å²) in [6, 6.07) is 0. The minimum Gasteiger partial charge on any atom is -0.378 e. The first-order valence-corrected chi connectivity index (χ1v) is 13.9. The molecule has 2 aliphatic heterocycles. The molecule has 3 aliphatic carbocycles. The summed E-state index contributed by atoms with van der Waals surface area (Å²) < 4.78 is 19.7. The van der Waals surface area contributed by atoms with Crippen molar-refractivity contribution in [1.82, 2.24) is 5.32 Å². The van der Waals surface area contributed by atoms with Crippen LogP contribution in [0.1, 0.15) is 98.3 Å². The van der Waals surface area contributed by atoms with Crippen molar-refractivity contribution >= 4 is 0 Å². The molecule has 5 fully saturated rings. The van der Waals surface area contributed by atoms with Crippen molar-refractivity contribution in [3.05, 3.63) is 0 Å². The molecule has 32 heavy (non-hydrogen) atoms. The van der Waals surface area contributed by atoms with Gasteiger partial charge in [-0.1, -0.05) is 40.5 Å². The second-order valence-electron chi connectivity index (χ2n) is 13.1. The highest BCUT2D eigenvalue weighted by molar-refractivity contribution is 5.10. The summed E-state index contributed by atoms with van der Waals surface area (Å²) in [6.45, 7) is 14.2. The van der Waals surface area contributed by atoms with Crippen molar-refractivity contribution < 1.29 is 14.2 Å².